The standard InChI is InChI=1S/C13H14F3N5O/c14-13(15,16)8-17-12(22)9-7-18-21-6-3-10(19-11(9)21)20-4-1-2-5-20/h3,6-7H,1-2,4-5,8H2,(H,17,22). The Morgan fingerprint density at radius 3 is 2.73 bits per heavy atom. The lowest BCUT2D eigenvalue weighted by Crippen LogP contribution is -2.33. The summed E-state index contributed by atoms with van der Waals surface area (Å²) in [5.74, 6) is -0.131. The van der Waals surface area contributed by atoms with Gasteiger partial charge in [0.15, 0.2) is 5.65 Å². The molecule has 2 aromatic rings. The lowest BCUT2D eigenvalue weighted by atomic mass is 10.3. The van der Waals surface area contributed by atoms with Crippen LogP contribution in [0.5, 0.6) is 0 Å². The zero-order valence-electron chi connectivity index (χ0n) is 11.6. The smallest absolute Gasteiger partial charge is 0.357 e. The molecule has 1 aliphatic rings. The van der Waals surface area contributed by atoms with Crippen molar-refractivity contribution in [3.63, 3.8) is 0 Å². The van der Waals surface area contributed by atoms with Gasteiger partial charge in [0.1, 0.15) is 17.9 Å². The highest BCUT2D eigenvalue weighted by Gasteiger charge is 2.28. The largest absolute Gasteiger partial charge is 0.405 e. The molecule has 1 fully saturated rings. The van der Waals surface area contributed by atoms with E-state index in [-0.39, 0.29) is 11.2 Å². The zero-order valence-corrected chi connectivity index (χ0v) is 11.6. The van der Waals surface area contributed by atoms with Gasteiger partial charge in [0.25, 0.3) is 5.91 Å². The van der Waals surface area contributed by atoms with Gasteiger partial charge >= 0.3 is 6.18 Å². The van der Waals surface area contributed by atoms with Crippen LogP contribution in [-0.2, 0) is 0 Å². The van der Waals surface area contributed by atoms with Crippen LogP contribution in [0.1, 0.15) is 23.2 Å². The highest BCUT2D eigenvalue weighted by Crippen LogP contribution is 2.20. The number of amides is 1. The molecule has 0 saturated carbocycles. The first-order chi connectivity index (χ1) is 10.4. The van der Waals surface area contributed by atoms with Crippen LogP contribution in [0.4, 0.5) is 19.0 Å². The minimum Gasteiger partial charge on any atom is -0.357 e. The Morgan fingerprint density at radius 2 is 2.05 bits per heavy atom. The summed E-state index contributed by atoms with van der Waals surface area (Å²) in [7, 11) is 0. The van der Waals surface area contributed by atoms with Gasteiger partial charge in [-0.15, -0.1) is 0 Å². The predicted octanol–water partition coefficient (Wildman–Crippen LogP) is 1.62. The summed E-state index contributed by atoms with van der Waals surface area (Å²) >= 11 is 0. The van der Waals surface area contributed by atoms with Crippen molar-refractivity contribution in [2.24, 2.45) is 0 Å². The van der Waals surface area contributed by atoms with Crippen LogP contribution in [0.2, 0.25) is 0 Å². The number of aromatic nitrogens is 3. The van der Waals surface area contributed by atoms with Crippen molar-refractivity contribution < 1.29 is 18.0 Å². The maximum absolute atomic E-state index is 12.2. The van der Waals surface area contributed by atoms with Crippen LogP contribution in [0.15, 0.2) is 18.5 Å². The van der Waals surface area contributed by atoms with E-state index in [1.54, 1.807) is 12.3 Å². The van der Waals surface area contributed by atoms with E-state index in [0.717, 1.165) is 25.9 Å². The number of hydrogen-bond donors (Lipinski definition) is 1. The van der Waals surface area contributed by atoms with Crippen molar-refractivity contribution in [2.45, 2.75) is 19.0 Å². The Bertz CT molecular complexity index is 691. The van der Waals surface area contributed by atoms with Crippen molar-refractivity contribution in [1.82, 2.24) is 19.9 Å². The summed E-state index contributed by atoms with van der Waals surface area (Å²) in [6.45, 7) is 0.384. The van der Waals surface area contributed by atoms with Crippen molar-refractivity contribution in [1.29, 1.82) is 0 Å². The minimum absolute atomic E-state index is 0.0327. The fourth-order valence-corrected chi connectivity index (χ4v) is 2.42. The third-order valence-corrected chi connectivity index (χ3v) is 3.48. The monoisotopic (exact) mass is 313 g/mol. The topological polar surface area (TPSA) is 62.5 Å². The molecular formula is C13H14F3N5O. The molecule has 22 heavy (non-hydrogen) atoms. The average molecular weight is 313 g/mol. The molecule has 3 heterocycles. The van der Waals surface area contributed by atoms with Gasteiger partial charge in [-0.3, -0.25) is 4.79 Å². The highest BCUT2D eigenvalue weighted by molar-refractivity contribution is 5.99. The molecule has 0 unspecified atom stereocenters. The highest BCUT2D eigenvalue weighted by atomic mass is 19.4. The molecule has 1 aliphatic heterocycles. The molecule has 0 bridgehead atoms. The Morgan fingerprint density at radius 1 is 1.32 bits per heavy atom. The Hall–Kier alpha value is -2.32. The van der Waals surface area contributed by atoms with E-state index < -0.39 is 18.6 Å². The van der Waals surface area contributed by atoms with E-state index in [1.807, 2.05) is 5.32 Å². The van der Waals surface area contributed by atoms with Crippen LogP contribution in [0.3, 0.4) is 0 Å². The first-order valence-electron chi connectivity index (χ1n) is 6.88. The minimum atomic E-state index is -4.45. The second kappa shape index (κ2) is 5.47. The zero-order chi connectivity index (χ0) is 15.7. The maximum atomic E-state index is 12.2. The molecule has 0 aliphatic carbocycles. The van der Waals surface area contributed by atoms with Gasteiger partial charge in [-0.1, -0.05) is 0 Å². The van der Waals surface area contributed by atoms with Crippen LogP contribution < -0.4 is 10.2 Å². The first kappa shape index (κ1) is 14.6. The fraction of sp³-hybridized carbons (Fsp3) is 0.462. The van der Waals surface area contributed by atoms with Gasteiger partial charge in [-0.2, -0.15) is 18.3 Å². The summed E-state index contributed by atoms with van der Waals surface area (Å²) in [6, 6.07) is 1.78. The molecule has 3 rings (SSSR count). The van der Waals surface area contributed by atoms with Crippen LogP contribution in [-0.4, -0.2) is 46.3 Å². The number of hydrogen-bond acceptors (Lipinski definition) is 4. The lowest BCUT2D eigenvalue weighted by Gasteiger charge is -2.16. The number of rotatable bonds is 3. The van der Waals surface area contributed by atoms with E-state index in [2.05, 4.69) is 15.0 Å². The Labute approximate surface area is 123 Å². The normalized spacial score (nSPS) is 15.5. The summed E-state index contributed by atoms with van der Waals surface area (Å²) in [6.07, 6.45) is 0.571. The third-order valence-electron chi connectivity index (χ3n) is 3.48. The number of anilines is 1. The van der Waals surface area contributed by atoms with Gasteiger partial charge in [-0.25, -0.2) is 9.50 Å². The summed E-state index contributed by atoms with van der Waals surface area (Å²) < 4.78 is 37.9. The van der Waals surface area contributed by atoms with Gasteiger partial charge in [0, 0.05) is 19.3 Å². The van der Waals surface area contributed by atoms with E-state index in [9.17, 15) is 18.0 Å². The van der Waals surface area contributed by atoms with Crippen LogP contribution in [0.25, 0.3) is 5.65 Å². The van der Waals surface area contributed by atoms with Gasteiger partial charge in [0.05, 0.1) is 6.20 Å². The molecule has 1 amide bonds. The molecule has 2 aromatic heterocycles. The number of nitrogens with one attached hydrogen (secondary N) is 1. The molecule has 6 nitrogen and oxygen atoms in total. The molecule has 0 spiro atoms. The van der Waals surface area contributed by atoms with Crippen molar-refractivity contribution in [2.75, 3.05) is 24.5 Å². The van der Waals surface area contributed by atoms with Crippen LogP contribution >= 0.6 is 0 Å². The quantitative estimate of drug-likeness (QED) is 0.935. The van der Waals surface area contributed by atoms with Crippen molar-refractivity contribution in [3.05, 3.63) is 24.0 Å². The Balaban J connectivity index is 1.86. The second-order valence-corrected chi connectivity index (χ2v) is 5.10. The van der Waals surface area contributed by atoms with E-state index in [0.29, 0.717) is 5.82 Å². The molecule has 0 atom stereocenters. The van der Waals surface area contributed by atoms with E-state index >= 15 is 0 Å². The van der Waals surface area contributed by atoms with Gasteiger partial charge in [0.2, 0.25) is 0 Å². The predicted molar refractivity (Wildman–Crippen MR) is 72.8 cm³/mol. The lowest BCUT2D eigenvalue weighted by molar-refractivity contribution is -0.123. The molecular weight excluding hydrogens is 299 g/mol. The average Bonchev–Trinajstić information content (AvgIpc) is 3.12. The number of nitrogens with zero attached hydrogens (tertiary/aromatic N) is 4. The summed E-state index contributed by atoms with van der Waals surface area (Å²) in [5.41, 5.74) is 0.286. The van der Waals surface area contributed by atoms with Gasteiger partial charge in [-0.05, 0) is 18.9 Å². The molecule has 1 N–H and O–H groups in total. The number of fused-ring (bicyclic) bond motifs is 1. The van der Waals surface area contributed by atoms with Crippen molar-refractivity contribution >= 4 is 17.4 Å². The van der Waals surface area contributed by atoms with Crippen molar-refractivity contribution in [3.8, 4) is 0 Å². The molecule has 1 saturated heterocycles. The number of alkyl halides is 3. The SMILES string of the molecule is O=C(NCC(F)(F)F)c1cnn2ccc(N3CCCC3)nc12. The molecule has 118 valence electrons. The molecule has 9 heteroatoms. The van der Waals surface area contributed by atoms with Gasteiger partial charge < -0.3 is 10.2 Å². The summed E-state index contributed by atoms with van der Waals surface area (Å²) in [4.78, 5) is 18.3. The number of carbonyl (C=O) groups excluding carboxylic acids is 1. The third kappa shape index (κ3) is 2.97. The first-order valence-corrected chi connectivity index (χ1v) is 6.88. The van der Waals surface area contributed by atoms with E-state index in [4.69, 9.17) is 0 Å². The fourth-order valence-electron chi connectivity index (χ4n) is 2.42. The number of halogens is 3. The van der Waals surface area contributed by atoms with Crippen LogP contribution in [0, 0.1) is 0 Å². The summed E-state index contributed by atoms with van der Waals surface area (Å²) in [5, 5.41) is 5.78. The molecule has 0 aromatic carbocycles. The number of carbonyl (C=O) groups is 1. The van der Waals surface area contributed by atoms with E-state index in [1.165, 1.54) is 10.7 Å². The molecule has 0 radical (unpaired) electrons. The second-order valence-electron chi connectivity index (χ2n) is 5.10. The maximum Gasteiger partial charge on any atom is 0.405 e. The Kier molecular flexibility index (Phi) is 3.63.